The van der Waals surface area contributed by atoms with Crippen molar-refractivity contribution in [2.75, 3.05) is 39.4 Å². The van der Waals surface area contributed by atoms with Crippen molar-refractivity contribution in [2.24, 2.45) is 0 Å². The lowest BCUT2D eigenvalue weighted by molar-refractivity contribution is -0.145. The molecule has 32 heavy (non-hydrogen) atoms. The van der Waals surface area contributed by atoms with E-state index in [1.807, 2.05) is 6.07 Å². The first-order chi connectivity index (χ1) is 15.6. The van der Waals surface area contributed by atoms with Gasteiger partial charge in [-0.3, -0.25) is 14.7 Å². The number of hydrogen-bond acceptors (Lipinski definition) is 5. The maximum absolute atomic E-state index is 13.6. The van der Waals surface area contributed by atoms with Crippen molar-refractivity contribution >= 4 is 11.8 Å². The molecular formula is C23H29FN4O4. The highest BCUT2D eigenvalue weighted by atomic mass is 19.1. The monoisotopic (exact) mass is 444 g/mol. The average molecular weight is 445 g/mol. The molecule has 0 spiro atoms. The predicted octanol–water partition coefficient (Wildman–Crippen LogP) is 2.47. The molecule has 1 N–H and O–H groups in total. The maximum atomic E-state index is 13.6. The van der Waals surface area contributed by atoms with E-state index in [9.17, 15) is 14.0 Å². The number of nitrogens with one attached hydrogen (secondary N) is 1. The Balaban J connectivity index is 1.28. The van der Waals surface area contributed by atoms with E-state index in [1.54, 1.807) is 28.0 Å². The van der Waals surface area contributed by atoms with E-state index < -0.39 is 0 Å². The molecule has 172 valence electrons. The molecule has 2 aromatic rings. The van der Waals surface area contributed by atoms with E-state index >= 15 is 0 Å². The molecule has 3 heterocycles. The molecule has 2 saturated heterocycles. The van der Waals surface area contributed by atoms with Crippen molar-refractivity contribution in [1.82, 2.24) is 20.0 Å². The summed E-state index contributed by atoms with van der Waals surface area (Å²) in [4.78, 5) is 28.4. The van der Waals surface area contributed by atoms with Gasteiger partial charge in [-0.15, -0.1) is 0 Å². The number of para-hydroxylation sites is 1. The minimum Gasteiger partial charge on any atom is -0.490 e. The zero-order chi connectivity index (χ0) is 22.3. The fourth-order valence-electron chi connectivity index (χ4n) is 4.03. The Labute approximate surface area is 186 Å². The highest BCUT2D eigenvalue weighted by molar-refractivity contribution is 5.85. The van der Waals surface area contributed by atoms with Gasteiger partial charge in [0, 0.05) is 31.6 Å². The van der Waals surface area contributed by atoms with Gasteiger partial charge in [-0.2, -0.15) is 5.10 Å². The SMILES string of the molecule is O=C1CCCCCN1CC(=O)N1CCO[C@@H](c2cc(CCOc3ccccc3F)[nH]n2)C1. The molecule has 1 aromatic heterocycles. The zero-order valence-corrected chi connectivity index (χ0v) is 18.1. The van der Waals surface area contributed by atoms with Gasteiger partial charge in [-0.05, 0) is 31.0 Å². The number of hydrogen-bond donors (Lipinski definition) is 1. The summed E-state index contributed by atoms with van der Waals surface area (Å²) in [5, 5.41) is 7.30. The van der Waals surface area contributed by atoms with Crippen LogP contribution in [0.2, 0.25) is 0 Å². The van der Waals surface area contributed by atoms with Crippen LogP contribution in [-0.2, 0) is 20.7 Å². The van der Waals surface area contributed by atoms with Crippen LogP contribution in [0.1, 0.15) is 43.2 Å². The normalized spacial score (nSPS) is 19.7. The van der Waals surface area contributed by atoms with E-state index in [4.69, 9.17) is 9.47 Å². The van der Waals surface area contributed by atoms with Crippen molar-refractivity contribution in [1.29, 1.82) is 0 Å². The molecule has 0 saturated carbocycles. The largest absolute Gasteiger partial charge is 0.490 e. The third kappa shape index (κ3) is 5.64. The van der Waals surface area contributed by atoms with Gasteiger partial charge in [-0.1, -0.05) is 18.6 Å². The quantitative estimate of drug-likeness (QED) is 0.709. The summed E-state index contributed by atoms with van der Waals surface area (Å²) in [6.07, 6.45) is 3.61. The smallest absolute Gasteiger partial charge is 0.242 e. The maximum Gasteiger partial charge on any atom is 0.242 e. The summed E-state index contributed by atoms with van der Waals surface area (Å²) in [7, 11) is 0. The van der Waals surface area contributed by atoms with Crippen LogP contribution in [0.4, 0.5) is 4.39 Å². The Kier molecular flexibility index (Phi) is 7.36. The van der Waals surface area contributed by atoms with E-state index in [0.29, 0.717) is 51.4 Å². The lowest BCUT2D eigenvalue weighted by Crippen LogP contribution is -2.47. The standard InChI is InChI=1S/C23H29FN4O4/c24-18-6-3-4-7-20(18)31-12-9-17-14-19(26-25-17)21-15-28(11-13-32-21)23(30)16-27-10-5-1-2-8-22(27)29/h3-4,6-7,14,21H,1-2,5,8-13,15-16H2,(H,25,26)/t21-/m1/s1. The summed E-state index contributed by atoms with van der Waals surface area (Å²) >= 11 is 0. The Hall–Kier alpha value is -2.94. The number of H-pyrrole nitrogens is 1. The molecule has 0 bridgehead atoms. The van der Waals surface area contributed by atoms with Crippen LogP contribution in [0.25, 0.3) is 0 Å². The first kappa shape index (κ1) is 22.3. The van der Waals surface area contributed by atoms with E-state index in [1.165, 1.54) is 6.07 Å². The minimum absolute atomic E-state index is 0.0532. The topological polar surface area (TPSA) is 87.8 Å². The van der Waals surface area contributed by atoms with Gasteiger partial charge in [0.15, 0.2) is 11.6 Å². The van der Waals surface area contributed by atoms with Crippen molar-refractivity contribution in [3.8, 4) is 5.75 Å². The van der Waals surface area contributed by atoms with Crippen molar-refractivity contribution in [3.05, 3.63) is 47.5 Å². The van der Waals surface area contributed by atoms with Gasteiger partial charge >= 0.3 is 0 Å². The summed E-state index contributed by atoms with van der Waals surface area (Å²) in [5.41, 5.74) is 1.56. The summed E-state index contributed by atoms with van der Waals surface area (Å²) in [6.45, 7) is 2.41. The molecule has 0 radical (unpaired) electrons. The number of ether oxygens (including phenoxy) is 2. The second-order valence-electron chi connectivity index (χ2n) is 8.17. The second kappa shape index (κ2) is 10.6. The molecule has 8 nitrogen and oxygen atoms in total. The highest BCUT2D eigenvalue weighted by Gasteiger charge is 2.29. The number of aromatic amines is 1. The van der Waals surface area contributed by atoms with Crippen LogP contribution in [-0.4, -0.2) is 71.2 Å². The fraction of sp³-hybridized carbons (Fsp3) is 0.522. The van der Waals surface area contributed by atoms with Crippen LogP contribution in [0, 0.1) is 5.82 Å². The number of morpholine rings is 1. The van der Waals surface area contributed by atoms with Crippen molar-refractivity contribution in [3.63, 3.8) is 0 Å². The lowest BCUT2D eigenvalue weighted by Gasteiger charge is -2.33. The third-order valence-electron chi connectivity index (χ3n) is 5.86. The van der Waals surface area contributed by atoms with Gasteiger partial charge < -0.3 is 19.3 Å². The number of benzene rings is 1. The Morgan fingerprint density at radius 1 is 1.25 bits per heavy atom. The van der Waals surface area contributed by atoms with Crippen molar-refractivity contribution in [2.45, 2.75) is 38.2 Å². The van der Waals surface area contributed by atoms with E-state index in [-0.39, 0.29) is 36.0 Å². The number of likely N-dealkylation sites (tertiary alicyclic amines) is 1. The Morgan fingerprint density at radius 2 is 2.12 bits per heavy atom. The minimum atomic E-state index is -0.389. The highest BCUT2D eigenvalue weighted by Crippen LogP contribution is 2.22. The average Bonchev–Trinajstić information content (AvgIpc) is 3.19. The molecule has 1 aromatic carbocycles. The number of amides is 2. The third-order valence-corrected chi connectivity index (χ3v) is 5.86. The molecule has 2 aliphatic rings. The van der Waals surface area contributed by atoms with Gasteiger partial charge in [0.05, 0.1) is 32.0 Å². The zero-order valence-electron chi connectivity index (χ0n) is 18.1. The number of aromatic nitrogens is 2. The van der Waals surface area contributed by atoms with Crippen LogP contribution in [0.15, 0.2) is 30.3 Å². The van der Waals surface area contributed by atoms with Crippen LogP contribution < -0.4 is 4.74 Å². The predicted molar refractivity (Wildman–Crippen MR) is 115 cm³/mol. The van der Waals surface area contributed by atoms with Crippen LogP contribution in [0.5, 0.6) is 5.75 Å². The number of carbonyl (C=O) groups excluding carboxylic acids is 2. The van der Waals surface area contributed by atoms with E-state index in [2.05, 4.69) is 10.2 Å². The Bertz CT molecular complexity index is 934. The van der Waals surface area contributed by atoms with Crippen LogP contribution in [0.3, 0.4) is 0 Å². The number of rotatable bonds is 7. The summed E-state index contributed by atoms with van der Waals surface area (Å²) < 4.78 is 25.0. The number of halogens is 1. The molecular weight excluding hydrogens is 415 g/mol. The summed E-state index contributed by atoms with van der Waals surface area (Å²) in [5.74, 6) is -0.155. The molecule has 4 rings (SSSR count). The molecule has 9 heteroatoms. The molecule has 0 aliphatic carbocycles. The molecule has 0 unspecified atom stereocenters. The van der Waals surface area contributed by atoms with Gasteiger partial charge in [0.2, 0.25) is 11.8 Å². The molecule has 2 aliphatic heterocycles. The molecule has 1 atom stereocenters. The van der Waals surface area contributed by atoms with Gasteiger partial charge in [0.1, 0.15) is 6.10 Å². The first-order valence-electron chi connectivity index (χ1n) is 11.2. The number of carbonyl (C=O) groups is 2. The number of nitrogens with zero attached hydrogens (tertiary/aromatic N) is 3. The van der Waals surface area contributed by atoms with Crippen LogP contribution >= 0.6 is 0 Å². The van der Waals surface area contributed by atoms with Gasteiger partial charge in [-0.25, -0.2) is 4.39 Å². The van der Waals surface area contributed by atoms with E-state index in [0.717, 1.165) is 25.0 Å². The Morgan fingerprint density at radius 3 is 3.00 bits per heavy atom. The molecule has 2 amide bonds. The fourth-order valence-corrected chi connectivity index (χ4v) is 4.03. The first-order valence-corrected chi connectivity index (χ1v) is 11.2. The lowest BCUT2D eigenvalue weighted by atomic mass is 10.2. The van der Waals surface area contributed by atoms with Gasteiger partial charge in [0.25, 0.3) is 0 Å². The summed E-state index contributed by atoms with van der Waals surface area (Å²) in [6, 6.07) is 8.19. The molecule has 2 fully saturated rings. The second-order valence-corrected chi connectivity index (χ2v) is 8.17. The van der Waals surface area contributed by atoms with Crippen molar-refractivity contribution < 1.29 is 23.5 Å².